The Bertz CT molecular complexity index is 331. The van der Waals surface area contributed by atoms with Gasteiger partial charge in [0.1, 0.15) is 0 Å². The summed E-state index contributed by atoms with van der Waals surface area (Å²) in [7, 11) is 0. The van der Waals surface area contributed by atoms with E-state index < -0.39 is 0 Å². The van der Waals surface area contributed by atoms with E-state index in [1.807, 2.05) is 18.7 Å². The molecule has 0 radical (unpaired) electrons. The summed E-state index contributed by atoms with van der Waals surface area (Å²) in [6.07, 6.45) is 2.16. The molecule has 2 atom stereocenters. The molecule has 0 aromatic carbocycles. The van der Waals surface area contributed by atoms with Crippen molar-refractivity contribution in [2.45, 2.75) is 44.9 Å². The molecular weight excluding hydrogens is 234 g/mol. The van der Waals surface area contributed by atoms with E-state index in [4.69, 9.17) is 4.74 Å². The molecule has 1 aliphatic heterocycles. The summed E-state index contributed by atoms with van der Waals surface area (Å²) in [5.41, 5.74) is 0. The highest BCUT2D eigenvalue weighted by Gasteiger charge is 2.28. The van der Waals surface area contributed by atoms with Gasteiger partial charge >= 0.3 is 6.03 Å². The monoisotopic (exact) mass is 255 g/mol. The molecule has 0 aromatic rings. The minimum absolute atomic E-state index is 0.134. The zero-order chi connectivity index (χ0) is 13.1. The van der Waals surface area contributed by atoms with E-state index in [0.717, 1.165) is 25.9 Å². The third-order valence-corrected chi connectivity index (χ3v) is 3.35. The van der Waals surface area contributed by atoms with Crippen molar-refractivity contribution in [1.29, 1.82) is 0 Å². The smallest absolute Gasteiger partial charge is 0.321 e. The lowest BCUT2D eigenvalue weighted by Gasteiger charge is -2.34. The molecule has 0 aromatic heterocycles. The predicted octanol–water partition coefficient (Wildman–Crippen LogP) is 0.0838. The maximum atomic E-state index is 11.9. The number of rotatable bonds is 3. The topological polar surface area (TPSA) is 70.7 Å². The molecule has 3 amide bonds. The molecule has 1 heterocycles. The van der Waals surface area contributed by atoms with Gasteiger partial charge in [0, 0.05) is 19.1 Å². The van der Waals surface area contributed by atoms with Gasteiger partial charge in [0.05, 0.1) is 18.8 Å². The van der Waals surface area contributed by atoms with E-state index in [-0.39, 0.29) is 30.1 Å². The van der Waals surface area contributed by atoms with Crippen molar-refractivity contribution < 1.29 is 14.3 Å². The number of nitrogens with zero attached hydrogens (tertiary/aromatic N) is 1. The molecule has 1 saturated carbocycles. The van der Waals surface area contributed by atoms with Crippen molar-refractivity contribution in [3.8, 4) is 0 Å². The SMILES string of the molecule is C[C@H]1CN([C@@H](C)C(=O)NC(=O)NC2CC2)CCO1. The Hall–Kier alpha value is -1.14. The van der Waals surface area contributed by atoms with Gasteiger partial charge in [-0.3, -0.25) is 15.0 Å². The number of carbonyl (C=O) groups is 2. The highest BCUT2D eigenvalue weighted by molar-refractivity contribution is 5.96. The number of urea groups is 1. The highest BCUT2D eigenvalue weighted by atomic mass is 16.5. The number of ether oxygens (including phenoxy) is 1. The van der Waals surface area contributed by atoms with Crippen LogP contribution in [0.25, 0.3) is 0 Å². The third-order valence-electron chi connectivity index (χ3n) is 3.35. The molecular formula is C12H21N3O3. The van der Waals surface area contributed by atoms with Crippen LogP contribution in [0.15, 0.2) is 0 Å². The van der Waals surface area contributed by atoms with Crippen molar-refractivity contribution >= 4 is 11.9 Å². The molecule has 0 bridgehead atoms. The van der Waals surface area contributed by atoms with Crippen LogP contribution in [0.2, 0.25) is 0 Å². The Labute approximate surface area is 107 Å². The molecule has 102 valence electrons. The zero-order valence-electron chi connectivity index (χ0n) is 10.9. The summed E-state index contributed by atoms with van der Waals surface area (Å²) in [5.74, 6) is -0.248. The molecule has 2 aliphatic rings. The van der Waals surface area contributed by atoms with Gasteiger partial charge in [-0.25, -0.2) is 4.79 Å². The van der Waals surface area contributed by atoms with Gasteiger partial charge < -0.3 is 10.1 Å². The molecule has 2 fully saturated rings. The van der Waals surface area contributed by atoms with E-state index in [2.05, 4.69) is 10.6 Å². The van der Waals surface area contributed by atoms with Crippen LogP contribution in [0.1, 0.15) is 26.7 Å². The maximum absolute atomic E-state index is 11.9. The van der Waals surface area contributed by atoms with Gasteiger partial charge in [0.25, 0.3) is 0 Å². The Balaban J connectivity index is 1.77. The molecule has 1 saturated heterocycles. The second kappa shape index (κ2) is 5.67. The number of carbonyl (C=O) groups excluding carboxylic acids is 2. The second-order valence-electron chi connectivity index (χ2n) is 5.09. The second-order valence-corrected chi connectivity index (χ2v) is 5.09. The number of hydrogen-bond donors (Lipinski definition) is 2. The van der Waals surface area contributed by atoms with Crippen LogP contribution in [0.3, 0.4) is 0 Å². The first-order chi connectivity index (χ1) is 8.56. The summed E-state index contributed by atoms with van der Waals surface area (Å²) < 4.78 is 5.43. The number of nitrogens with one attached hydrogen (secondary N) is 2. The summed E-state index contributed by atoms with van der Waals surface area (Å²) in [6, 6.07) is -0.423. The van der Waals surface area contributed by atoms with Crippen molar-refractivity contribution in [1.82, 2.24) is 15.5 Å². The number of hydrogen-bond acceptors (Lipinski definition) is 4. The minimum atomic E-state index is -0.379. The van der Waals surface area contributed by atoms with Crippen LogP contribution in [0.5, 0.6) is 0 Å². The van der Waals surface area contributed by atoms with E-state index in [0.29, 0.717) is 6.61 Å². The summed E-state index contributed by atoms with van der Waals surface area (Å²) in [4.78, 5) is 25.4. The first-order valence-electron chi connectivity index (χ1n) is 6.53. The lowest BCUT2D eigenvalue weighted by Crippen LogP contribution is -2.54. The van der Waals surface area contributed by atoms with Crippen LogP contribution >= 0.6 is 0 Å². The van der Waals surface area contributed by atoms with Crippen molar-refractivity contribution in [2.75, 3.05) is 19.7 Å². The van der Waals surface area contributed by atoms with E-state index >= 15 is 0 Å². The molecule has 1 aliphatic carbocycles. The Kier molecular flexibility index (Phi) is 4.19. The Morgan fingerprint density at radius 1 is 1.39 bits per heavy atom. The molecule has 2 rings (SSSR count). The zero-order valence-corrected chi connectivity index (χ0v) is 10.9. The molecule has 6 heteroatoms. The lowest BCUT2D eigenvalue weighted by atomic mass is 10.2. The summed E-state index contributed by atoms with van der Waals surface area (Å²) >= 11 is 0. The Morgan fingerprint density at radius 3 is 2.72 bits per heavy atom. The normalized spacial score (nSPS) is 26.4. The fraction of sp³-hybridized carbons (Fsp3) is 0.833. The summed E-state index contributed by atoms with van der Waals surface area (Å²) in [6.45, 7) is 5.88. The quantitative estimate of drug-likeness (QED) is 0.749. The van der Waals surface area contributed by atoms with Gasteiger partial charge in [0.15, 0.2) is 0 Å². The fourth-order valence-electron chi connectivity index (χ4n) is 2.03. The van der Waals surface area contributed by atoms with E-state index in [1.165, 1.54) is 0 Å². The van der Waals surface area contributed by atoms with Gasteiger partial charge in [-0.15, -0.1) is 0 Å². The largest absolute Gasteiger partial charge is 0.376 e. The standard InChI is InChI=1S/C12H21N3O3/c1-8-7-15(5-6-18-8)9(2)11(16)14-12(17)13-10-3-4-10/h8-10H,3-7H2,1-2H3,(H2,13,14,16,17)/t8-,9-/m0/s1. The molecule has 2 N–H and O–H groups in total. The maximum Gasteiger partial charge on any atom is 0.321 e. The average Bonchev–Trinajstić information content (AvgIpc) is 3.11. The van der Waals surface area contributed by atoms with Crippen molar-refractivity contribution in [3.05, 3.63) is 0 Å². The predicted molar refractivity (Wildman–Crippen MR) is 66.1 cm³/mol. The molecule has 0 spiro atoms. The Morgan fingerprint density at radius 2 is 2.11 bits per heavy atom. The van der Waals surface area contributed by atoms with Gasteiger partial charge in [0.2, 0.25) is 5.91 Å². The number of morpholine rings is 1. The van der Waals surface area contributed by atoms with Gasteiger partial charge in [-0.05, 0) is 26.7 Å². The highest BCUT2D eigenvalue weighted by Crippen LogP contribution is 2.18. The minimum Gasteiger partial charge on any atom is -0.376 e. The third kappa shape index (κ3) is 3.68. The molecule has 0 unspecified atom stereocenters. The van der Waals surface area contributed by atoms with Crippen LogP contribution in [-0.4, -0.2) is 54.7 Å². The van der Waals surface area contributed by atoms with E-state index in [1.54, 1.807) is 0 Å². The van der Waals surface area contributed by atoms with Crippen LogP contribution in [0, 0.1) is 0 Å². The average molecular weight is 255 g/mol. The number of amides is 3. The van der Waals surface area contributed by atoms with E-state index in [9.17, 15) is 9.59 Å². The van der Waals surface area contributed by atoms with Crippen molar-refractivity contribution in [2.24, 2.45) is 0 Å². The van der Waals surface area contributed by atoms with Gasteiger partial charge in [-0.1, -0.05) is 0 Å². The van der Waals surface area contributed by atoms with Crippen LogP contribution in [0.4, 0.5) is 4.79 Å². The van der Waals surface area contributed by atoms with Crippen LogP contribution in [-0.2, 0) is 9.53 Å². The first kappa shape index (κ1) is 13.3. The fourth-order valence-corrected chi connectivity index (χ4v) is 2.03. The summed E-state index contributed by atoms with van der Waals surface area (Å²) in [5, 5.41) is 5.13. The number of imide groups is 1. The van der Waals surface area contributed by atoms with Crippen molar-refractivity contribution in [3.63, 3.8) is 0 Å². The van der Waals surface area contributed by atoms with Crippen LogP contribution < -0.4 is 10.6 Å². The molecule has 6 nitrogen and oxygen atoms in total. The van der Waals surface area contributed by atoms with Gasteiger partial charge in [-0.2, -0.15) is 0 Å². The first-order valence-corrected chi connectivity index (χ1v) is 6.53. The molecule has 18 heavy (non-hydrogen) atoms. The lowest BCUT2D eigenvalue weighted by molar-refractivity contribution is -0.127.